The van der Waals surface area contributed by atoms with Gasteiger partial charge in [0.05, 0.1) is 17.5 Å². The minimum Gasteiger partial charge on any atom is -0.334 e. The molecule has 2 heterocycles. The molecular formula is C23H18F3N5O. The van der Waals surface area contributed by atoms with Gasteiger partial charge in [0.15, 0.2) is 0 Å². The summed E-state index contributed by atoms with van der Waals surface area (Å²) in [7, 11) is 0. The van der Waals surface area contributed by atoms with Crippen molar-refractivity contribution < 1.29 is 18.0 Å². The fourth-order valence-electron chi connectivity index (χ4n) is 3.22. The number of nitrogens with one attached hydrogen (secondary N) is 3. The highest BCUT2D eigenvalue weighted by Crippen LogP contribution is 2.31. The molecule has 32 heavy (non-hydrogen) atoms. The van der Waals surface area contributed by atoms with Crippen molar-refractivity contribution in [1.82, 2.24) is 20.5 Å². The van der Waals surface area contributed by atoms with Gasteiger partial charge < -0.3 is 10.6 Å². The van der Waals surface area contributed by atoms with Crippen molar-refractivity contribution in [2.45, 2.75) is 12.7 Å². The van der Waals surface area contributed by atoms with Gasteiger partial charge in [0.1, 0.15) is 0 Å². The summed E-state index contributed by atoms with van der Waals surface area (Å²) in [6.45, 7) is 0.192. The van der Waals surface area contributed by atoms with Crippen LogP contribution in [-0.4, -0.2) is 21.2 Å². The molecule has 0 unspecified atom stereocenters. The molecule has 0 saturated heterocycles. The van der Waals surface area contributed by atoms with E-state index in [0.29, 0.717) is 0 Å². The van der Waals surface area contributed by atoms with Gasteiger partial charge in [-0.1, -0.05) is 24.3 Å². The first kappa shape index (κ1) is 21.1. The van der Waals surface area contributed by atoms with Crippen LogP contribution in [0.25, 0.3) is 22.4 Å². The van der Waals surface area contributed by atoms with E-state index in [1.807, 2.05) is 36.4 Å². The summed E-state index contributed by atoms with van der Waals surface area (Å²) in [6.07, 6.45) is 0.666. The Morgan fingerprint density at radius 1 is 0.969 bits per heavy atom. The van der Waals surface area contributed by atoms with Crippen molar-refractivity contribution in [2.24, 2.45) is 0 Å². The SMILES string of the molecule is O=C(NCc1cccc(-c2[nH]ncc2-c2ccncc2)c1)Nc1cccc(C(F)(F)F)c1. The normalized spacial score (nSPS) is 11.2. The molecule has 0 aliphatic rings. The van der Waals surface area contributed by atoms with Gasteiger partial charge in [-0.3, -0.25) is 10.1 Å². The summed E-state index contributed by atoms with van der Waals surface area (Å²) in [5.74, 6) is 0. The summed E-state index contributed by atoms with van der Waals surface area (Å²) < 4.78 is 38.5. The summed E-state index contributed by atoms with van der Waals surface area (Å²) in [6, 6.07) is 15.2. The van der Waals surface area contributed by atoms with Gasteiger partial charge in [0, 0.05) is 35.8 Å². The van der Waals surface area contributed by atoms with E-state index in [1.54, 1.807) is 18.6 Å². The molecule has 0 radical (unpaired) electrons. The van der Waals surface area contributed by atoms with E-state index in [4.69, 9.17) is 0 Å². The van der Waals surface area contributed by atoms with E-state index >= 15 is 0 Å². The van der Waals surface area contributed by atoms with Crippen LogP contribution in [0.15, 0.2) is 79.3 Å². The highest BCUT2D eigenvalue weighted by molar-refractivity contribution is 5.89. The third-order valence-electron chi connectivity index (χ3n) is 4.75. The second-order valence-corrected chi connectivity index (χ2v) is 6.98. The molecule has 0 bridgehead atoms. The molecule has 2 aromatic heterocycles. The Hall–Kier alpha value is -4.14. The molecule has 3 N–H and O–H groups in total. The lowest BCUT2D eigenvalue weighted by molar-refractivity contribution is -0.137. The number of pyridine rings is 1. The number of alkyl halides is 3. The molecule has 2 aromatic carbocycles. The van der Waals surface area contributed by atoms with Gasteiger partial charge >= 0.3 is 12.2 Å². The molecule has 0 fully saturated rings. The van der Waals surface area contributed by atoms with Crippen molar-refractivity contribution >= 4 is 11.7 Å². The zero-order valence-electron chi connectivity index (χ0n) is 16.6. The number of hydrogen-bond acceptors (Lipinski definition) is 3. The maximum absolute atomic E-state index is 12.8. The number of aromatic amines is 1. The first-order valence-corrected chi connectivity index (χ1v) is 9.65. The van der Waals surface area contributed by atoms with Crippen LogP contribution < -0.4 is 10.6 Å². The van der Waals surface area contributed by atoms with E-state index in [0.717, 1.165) is 40.1 Å². The van der Waals surface area contributed by atoms with Gasteiger partial charge in [-0.05, 0) is 47.5 Å². The van der Waals surface area contributed by atoms with Crippen LogP contribution in [0.5, 0.6) is 0 Å². The zero-order chi connectivity index (χ0) is 22.6. The summed E-state index contributed by atoms with van der Waals surface area (Å²) in [4.78, 5) is 16.2. The largest absolute Gasteiger partial charge is 0.416 e. The van der Waals surface area contributed by atoms with Gasteiger partial charge in [-0.15, -0.1) is 0 Å². The molecule has 0 aliphatic heterocycles. The fraction of sp³-hybridized carbons (Fsp3) is 0.0870. The summed E-state index contributed by atoms with van der Waals surface area (Å²) in [5.41, 5.74) is 3.64. The Labute approximate surface area is 181 Å². The molecule has 6 nitrogen and oxygen atoms in total. The van der Waals surface area contributed by atoms with Crippen molar-refractivity contribution in [3.8, 4) is 22.4 Å². The lowest BCUT2D eigenvalue weighted by Crippen LogP contribution is -2.28. The number of rotatable bonds is 5. The molecule has 4 rings (SSSR count). The number of H-pyrrole nitrogens is 1. The van der Waals surface area contributed by atoms with Crippen molar-refractivity contribution in [3.63, 3.8) is 0 Å². The number of halogens is 3. The Bertz CT molecular complexity index is 1220. The highest BCUT2D eigenvalue weighted by Gasteiger charge is 2.30. The summed E-state index contributed by atoms with van der Waals surface area (Å²) >= 11 is 0. The van der Waals surface area contributed by atoms with Gasteiger partial charge in [-0.25, -0.2) is 4.79 Å². The Morgan fingerprint density at radius 2 is 1.75 bits per heavy atom. The van der Waals surface area contributed by atoms with Crippen molar-refractivity contribution in [3.05, 3.63) is 90.4 Å². The van der Waals surface area contributed by atoms with Crippen LogP contribution in [0.4, 0.5) is 23.7 Å². The van der Waals surface area contributed by atoms with E-state index in [9.17, 15) is 18.0 Å². The first-order chi connectivity index (χ1) is 15.4. The highest BCUT2D eigenvalue weighted by atomic mass is 19.4. The number of nitrogens with zero attached hydrogens (tertiary/aromatic N) is 2. The second kappa shape index (κ2) is 8.93. The zero-order valence-corrected chi connectivity index (χ0v) is 16.6. The topological polar surface area (TPSA) is 82.7 Å². The quantitative estimate of drug-likeness (QED) is 0.387. The first-order valence-electron chi connectivity index (χ1n) is 9.65. The van der Waals surface area contributed by atoms with Gasteiger partial charge in [0.25, 0.3) is 0 Å². The van der Waals surface area contributed by atoms with Crippen LogP contribution >= 0.6 is 0 Å². The summed E-state index contributed by atoms with van der Waals surface area (Å²) in [5, 5.41) is 12.2. The third-order valence-corrected chi connectivity index (χ3v) is 4.75. The predicted octanol–water partition coefficient (Wildman–Crippen LogP) is 5.48. The number of aromatic nitrogens is 3. The number of carbonyl (C=O) groups is 1. The number of benzene rings is 2. The second-order valence-electron chi connectivity index (χ2n) is 6.98. The van der Waals surface area contributed by atoms with Crippen molar-refractivity contribution in [1.29, 1.82) is 0 Å². The van der Waals surface area contributed by atoms with Crippen molar-refractivity contribution in [2.75, 3.05) is 5.32 Å². The molecule has 2 amide bonds. The van der Waals surface area contributed by atoms with Gasteiger partial charge in [0.2, 0.25) is 0 Å². The van der Waals surface area contributed by atoms with Crippen LogP contribution in [0.2, 0.25) is 0 Å². The van der Waals surface area contributed by atoms with E-state index in [-0.39, 0.29) is 12.2 Å². The predicted molar refractivity (Wildman–Crippen MR) is 115 cm³/mol. The Morgan fingerprint density at radius 3 is 2.53 bits per heavy atom. The average Bonchev–Trinajstić information content (AvgIpc) is 3.28. The van der Waals surface area contributed by atoms with Gasteiger partial charge in [-0.2, -0.15) is 18.3 Å². The van der Waals surface area contributed by atoms with Crippen LogP contribution in [0.3, 0.4) is 0 Å². The van der Waals surface area contributed by atoms with Crippen LogP contribution in [0.1, 0.15) is 11.1 Å². The Balaban J connectivity index is 1.44. The number of hydrogen-bond donors (Lipinski definition) is 3. The standard InChI is InChI=1S/C23H18F3N5O/c24-23(25,26)18-5-2-6-19(12-18)30-22(32)28-13-15-3-1-4-17(11-15)21-20(14-29-31-21)16-7-9-27-10-8-16/h1-12,14H,13H2,(H,29,31)(H2,28,30,32). The Kier molecular flexibility index (Phi) is 5.89. The lowest BCUT2D eigenvalue weighted by Gasteiger charge is -2.11. The lowest BCUT2D eigenvalue weighted by atomic mass is 10.0. The fourth-order valence-corrected chi connectivity index (χ4v) is 3.22. The van der Waals surface area contributed by atoms with Crippen LogP contribution in [0, 0.1) is 0 Å². The smallest absolute Gasteiger partial charge is 0.334 e. The molecule has 0 spiro atoms. The molecule has 0 saturated carbocycles. The molecule has 9 heteroatoms. The minimum atomic E-state index is -4.48. The third kappa shape index (κ3) is 4.94. The average molecular weight is 437 g/mol. The number of amides is 2. The van der Waals surface area contributed by atoms with E-state index < -0.39 is 17.8 Å². The number of carbonyl (C=O) groups excluding carboxylic acids is 1. The number of urea groups is 1. The van der Waals surface area contributed by atoms with E-state index in [1.165, 1.54) is 12.1 Å². The maximum Gasteiger partial charge on any atom is 0.416 e. The minimum absolute atomic E-state index is 0.0607. The number of anilines is 1. The molecule has 0 aliphatic carbocycles. The maximum atomic E-state index is 12.8. The van der Waals surface area contributed by atoms with Crippen LogP contribution in [-0.2, 0) is 12.7 Å². The molecule has 162 valence electrons. The van der Waals surface area contributed by atoms with E-state index in [2.05, 4.69) is 25.8 Å². The molecule has 0 atom stereocenters. The monoisotopic (exact) mass is 437 g/mol. The molecular weight excluding hydrogens is 419 g/mol. The molecule has 4 aromatic rings.